The number of hydrogen-bond acceptors (Lipinski definition) is 2. The molecule has 0 spiro atoms. The Morgan fingerprint density at radius 2 is 2.23 bits per heavy atom. The number of amides is 1. The first-order valence-electron chi connectivity index (χ1n) is 4.77. The number of allylic oxidation sites excluding steroid dienone is 1. The fourth-order valence-corrected chi connectivity index (χ4v) is 1.47. The van der Waals surface area contributed by atoms with Crippen molar-refractivity contribution in [3.63, 3.8) is 0 Å². The Morgan fingerprint density at radius 3 is 2.77 bits per heavy atom. The summed E-state index contributed by atoms with van der Waals surface area (Å²) in [4.78, 5) is 13.5. The maximum atomic E-state index is 11.6. The van der Waals surface area contributed by atoms with Gasteiger partial charge >= 0.3 is 0 Å². The molecule has 3 heteroatoms. The van der Waals surface area contributed by atoms with E-state index in [1.807, 2.05) is 18.7 Å². The normalized spacial score (nSPS) is 22.7. The molecule has 0 aromatic carbocycles. The predicted molar refractivity (Wildman–Crippen MR) is 53.5 cm³/mol. The molecule has 0 aromatic heterocycles. The molecule has 0 aromatic rings. The van der Waals surface area contributed by atoms with E-state index in [2.05, 4.69) is 12.2 Å². The van der Waals surface area contributed by atoms with Crippen LogP contribution in [0, 0.1) is 0 Å². The smallest absolute Gasteiger partial charge is 0.246 e. The topological polar surface area (TPSA) is 32.3 Å². The van der Waals surface area contributed by atoms with Crippen LogP contribution >= 0.6 is 0 Å². The Balaban J connectivity index is 2.51. The zero-order valence-corrected chi connectivity index (χ0v) is 8.63. The molecule has 1 aliphatic rings. The lowest BCUT2D eigenvalue weighted by Gasteiger charge is -2.31. The molecule has 1 amide bonds. The van der Waals surface area contributed by atoms with Crippen molar-refractivity contribution in [1.82, 2.24) is 10.2 Å². The first kappa shape index (κ1) is 10.3. The first-order valence-corrected chi connectivity index (χ1v) is 4.77. The van der Waals surface area contributed by atoms with Crippen LogP contribution in [0.4, 0.5) is 0 Å². The van der Waals surface area contributed by atoms with Gasteiger partial charge in [0.05, 0.1) is 0 Å². The summed E-state index contributed by atoms with van der Waals surface area (Å²) in [6, 6.07) is 0.420. The number of piperazine rings is 1. The van der Waals surface area contributed by atoms with Gasteiger partial charge in [0.15, 0.2) is 0 Å². The molecule has 0 saturated carbocycles. The van der Waals surface area contributed by atoms with E-state index in [-0.39, 0.29) is 5.91 Å². The molecule has 0 radical (unpaired) electrons. The maximum absolute atomic E-state index is 11.6. The van der Waals surface area contributed by atoms with Gasteiger partial charge in [0.2, 0.25) is 5.91 Å². The van der Waals surface area contributed by atoms with Crippen molar-refractivity contribution in [2.75, 3.05) is 19.6 Å². The number of carbonyl (C=O) groups is 1. The Bertz CT molecular complexity index is 219. The molecule has 3 nitrogen and oxygen atoms in total. The van der Waals surface area contributed by atoms with Gasteiger partial charge in [-0.15, -0.1) is 0 Å². The van der Waals surface area contributed by atoms with E-state index in [1.165, 1.54) is 0 Å². The Labute approximate surface area is 79.8 Å². The van der Waals surface area contributed by atoms with Crippen molar-refractivity contribution in [2.45, 2.75) is 26.8 Å². The minimum Gasteiger partial charge on any atom is -0.336 e. The van der Waals surface area contributed by atoms with Crippen molar-refractivity contribution in [3.05, 3.63) is 11.6 Å². The van der Waals surface area contributed by atoms with Gasteiger partial charge in [-0.1, -0.05) is 5.57 Å². The van der Waals surface area contributed by atoms with E-state index in [0.29, 0.717) is 6.04 Å². The number of hydrogen-bond donors (Lipinski definition) is 1. The van der Waals surface area contributed by atoms with Crippen LogP contribution in [0.15, 0.2) is 11.6 Å². The van der Waals surface area contributed by atoms with Crippen LogP contribution in [-0.2, 0) is 4.79 Å². The van der Waals surface area contributed by atoms with Gasteiger partial charge in [-0.05, 0) is 20.8 Å². The highest BCUT2D eigenvalue weighted by Gasteiger charge is 2.18. The molecule has 1 saturated heterocycles. The predicted octanol–water partition coefficient (Wildman–Crippen LogP) is 0.773. The van der Waals surface area contributed by atoms with Gasteiger partial charge in [-0.25, -0.2) is 0 Å². The van der Waals surface area contributed by atoms with Crippen molar-refractivity contribution in [1.29, 1.82) is 0 Å². The average molecular weight is 182 g/mol. The molecule has 0 aliphatic carbocycles. The van der Waals surface area contributed by atoms with Crippen LogP contribution in [0.2, 0.25) is 0 Å². The Morgan fingerprint density at radius 1 is 1.54 bits per heavy atom. The van der Waals surface area contributed by atoms with Gasteiger partial charge < -0.3 is 10.2 Å². The van der Waals surface area contributed by atoms with Crippen LogP contribution < -0.4 is 5.32 Å². The molecule has 1 aliphatic heterocycles. The quantitative estimate of drug-likeness (QED) is 0.608. The van der Waals surface area contributed by atoms with Gasteiger partial charge in [0.1, 0.15) is 0 Å². The standard InChI is InChI=1S/C10H18N2O/c1-8(2)6-10(13)12-5-4-11-9(3)7-12/h6,9,11H,4-5,7H2,1-3H3/t9-/m0/s1. The van der Waals surface area contributed by atoms with Gasteiger partial charge in [0, 0.05) is 31.8 Å². The van der Waals surface area contributed by atoms with Crippen molar-refractivity contribution in [3.8, 4) is 0 Å². The molecule has 1 atom stereocenters. The zero-order chi connectivity index (χ0) is 9.84. The van der Waals surface area contributed by atoms with Crippen molar-refractivity contribution >= 4 is 5.91 Å². The SMILES string of the molecule is CC(C)=CC(=O)N1CCN[C@@H](C)C1. The van der Waals surface area contributed by atoms with Gasteiger partial charge in [-0.3, -0.25) is 4.79 Å². The second-order valence-corrected chi connectivity index (χ2v) is 3.86. The second-order valence-electron chi connectivity index (χ2n) is 3.86. The van der Waals surface area contributed by atoms with E-state index in [0.717, 1.165) is 25.2 Å². The van der Waals surface area contributed by atoms with E-state index in [4.69, 9.17) is 0 Å². The third-order valence-electron chi connectivity index (χ3n) is 2.09. The number of rotatable bonds is 1. The summed E-state index contributed by atoms with van der Waals surface area (Å²) in [5.74, 6) is 0.147. The Kier molecular flexibility index (Phi) is 3.48. The van der Waals surface area contributed by atoms with Crippen molar-refractivity contribution < 1.29 is 4.79 Å². The third-order valence-corrected chi connectivity index (χ3v) is 2.09. The molecule has 0 unspecified atom stereocenters. The number of nitrogens with one attached hydrogen (secondary N) is 1. The summed E-state index contributed by atoms with van der Waals surface area (Å²) in [6.45, 7) is 8.55. The van der Waals surface area contributed by atoms with Crippen LogP contribution in [0.1, 0.15) is 20.8 Å². The molecule has 1 N–H and O–H groups in total. The molecule has 1 rings (SSSR count). The first-order chi connectivity index (χ1) is 6.09. The largest absolute Gasteiger partial charge is 0.336 e. The fourth-order valence-electron chi connectivity index (χ4n) is 1.47. The number of nitrogens with zero attached hydrogens (tertiary/aromatic N) is 1. The molecule has 74 valence electrons. The summed E-state index contributed by atoms with van der Waals surface area (Å²) in [5.41, 5.74) is 1.07. The summed E-state index contributed by atoms with van der Waals surface area (Å²) in [5, 5.41) is 3.31. The third kappa shape index (κ3) is 3.19. The summed E-state index contributed by atoms with van der Waals surface area (Å²) in [6.07, 6.45) is 1.71. The van der Waals surface area contributed by atoms with Gasteiger partial charge in [0.25, 0.3) is 0 Å². The number of carbonyl (C=O) groups excluding carboxylic acids is 1. The lowest BCUT2D eigenvalue weighted by Crippen LogP contribution is -2.50. The minimum atomic E-state index is 0.147. The highest BCUT2D eigenvalue weighted by Crippen LogP contribution is 2.01. The highest BCUT2D eigenvalue weighted by molar-refractivity contribution is 5.88. The molecule has 0 bridgehead atoms. The maximum Gasteiger partial charge on any atom is 0.246 e. The molecule has 1 heterocycles. The van der Waals surface area contributed by atoms with Crippen LogP contribution in [0.3, 0.4) is 0 Å². The van der Waals surface area contributed by atoms with Gasteiger partial charge in [-0.2, -0.15) is 0 Å². The van der Waals surface area contributed by atoms with E-state index >= 15 is 0 Å². The van der Waals surface area contributed by atoms with E-state index < -0.39 is 0 Å². The van der Waals surface area contributed by atoms with Crippen molar-refractivity contribution in [2.24, 2.45) is 0 Å². The summed E-state index contributed by atoms with van der Waals surface area (Å²) < 4.78 is 0. The average Bonchev–Trinajstić information content (AvgIpc) is 2.03. The zero-order valence-electron chi connectivity index (χ0n) is 8.63. The van der Waals surface area contributed by atoms with Crippen LogP contribution in [0.5, 0.6) is 0 Å². The van der Waals surface area contributed by atoms with E-state index in [9.17, 15) is 4.79 Å². The fraction of sp³-hybridized carbons (Fsp3) is 0.700. The second kappa shape index (κ2) is 4.42. The molecule has 13 heavy (non-hydrogen) atoms. The van der Waals surface area contributed by atoms with E-state index in [1.54, 1.807) is 6.08 Å². The lowest BCUT2D eigenvalue weighted by atomic mass is 10.2. The molecular formula is C10H18N2O. The monoisotopic (exact) mass is 182 g/mol. The summed E-state index contributed by atoms with van der Waals surface area (Å²) >= 11 is 0. The molecule has 1 fully saturated rings. The highest BCUT2D eigenvalue weighted by atomic mass is 16.2. The van der Waals surface area contributed by atoms with Crippen LogP contribution in [0.25, 0.3) is 0 Å². The Hall–Kier alpha value is -0.830. The summed E-state index contributed by atoms with van der Waals surface area (Å²) in [7, 11) is 0. The molecular weight excluding hydrogens is 164 g/mol. The lowest BCUT2D eigenvalue weighted by molar-refractivity contribution is -0.127. The van der Waals surface area contributed by atoms with Crippen LogP contribution in [-0.4, -0.2) is 36.5 Å². The minimum absolute atomic E-state index is 0.147.